The molecule has 1 fully saturated rings. The van der Waals surface area contributed by atoms with Crippen LogP contribution in [0.1, 0.15) is 19.8 Å². The summed E-state index contributed by atoms with van der Waals surface area (Å²) in [7, 11) is 0. The molecule has 0 aliphatic carbocycles. The highest BCUT2D eigenvalue weighted by atomic mass is 16.7. The van der Waals surface area contributed by atoms with Crippen LogP contribution in [0.5, 0.6) is 0 Å². The number of hydrogen-bond acceptors (Lipinski definition) is 6. The average Bonchev–Trinajstić information content (AvgIpc) is 2.70. The van der Waals surface area contributed by atoms with Gasteiger partial charge in [0.15, 0.2) is 6.10 Å². The maximum Gasteiger partial charge on any atom is 0.361 e. The minimum atomic E-state index is -0.907. The molecule has 0 aromatic rings. The average molecular weight is 269 g/mol. The van der Waals surface area contributed by atoms with Crippen LogP contribution in [0.3, 0.4) is 0 Å². The molecule has 7 nitrogen and oxygen atoms in total. The van der Waals surface area contributed by atoms with Gasteiger partial charge >= 0.3 is 5.97 Å². The van der Waals surface area contributed by atoms with E-state index in [1.165, 1.54) is 6.92 Å². The number of terminal acetylenes is 1. The van der Waals surface area contributed by atoms with Crippen LogP contribution in [-0.2, 0) is 28.7 Å². The van der Waals surface area contributed by atoms with Crippen molar-refractivity contribution in [3.63, 3.8) is 0 Å². The number of rotatable bonds is 7. The summed E-state index contributed by atoms with van der Waals surface area (Å²) in [5.41, 5.74) is 0. The van der Waals surface area contributed by atoms with Gasteiger partial charge in [-0.05, 0) is 6.92 Å². The van der Waals surface area contributed by atoms with Gasteiger partial charge in [0.05, 0.1) is 13.2 Å². The molecular formula is C12H15NO6. The van der Waals surface area contributed by atoms with Crippen LogP contribution >= 0.6 is 0 Å². The zero-order chi connectivity index (χ0) is 14.3. The third kappa shape index (κ3) is 4.69. The van der Waals surface area contributed by atoms with Gasteiger partial charge in [-0.15, -0.1) is 11.5 Å². The van der Waals surface area contributed by atoms with Crippen LogP contribution in [0.25, 0.3) is 0 Å². The molecule has 0 aromatic carbocycles. The Hall–Kier alpha value is -1.91. The first-order valence-corrected chi connectivity index (χ1v) is 5.76. The van der Waals surface area contributed by atoms with E-state index in [0.717, 1.165) is 0 Å². The molecule has 19 heavy (non-hydrogen) atoms. The maximum absolute atomic E-state index is 11.5. The van der Waals surface area contributed by atoms with Gasteiger partial charge in [0.1, 0.15) is 6.61 Å². The lowest BCUT2D eigenvalue weighted by atomic mass is 10.4. The minimum absolute atomic E-state index is 0.0568. The van der Waals surface area contributed by atoms with Crippen molar-refractivity contribution in [1.82, 2.24) is 5.06 Å². The van der Waals surface area contributed by atoms with Crippen molar-refractivity contribution in [2.75, 3.05) is 19.8 Å². The van der Waals surface area contributed by atoms with Crippen LogP contribution in [0, 0.1) is 12.3 Å². The zero-order valence-electron chi connectivity index (χ0n) is 10.6. The largest absolute Gasteiger partial charge is 0.366 e. The molecule has 2 amide bonds. The fourth-order valence-electron chi connectivity index (χ4n) is 1.31. The summed E-state index contributed by atoms with van der Waals surface area (Å²) in [5.74, 6) is 0.430. The predicted molar refractivity (Wildman–Crippen MR) is 62.2 cm³/mol. The molecular weight excluding hydrogens is 254 g/mol. The van der Waals surface area contributed by atoms with Crippen molar-refractivity contribution in [2.24, 2.45) is 0 Å². The Kier molecular flexibility index (Phi) is 5.99. The van der Waals surface area contributed by atoms with E-state index >= 15 is 0 Å². The van der Waals surface area contributed by atoms with Crippen molar-refractivity contribution in [1.29, 1.82) is 0 Å². The van der Waals surface area contributed by atoms with E-state index in [1.807, 2.05) is 0 Å². The van der Waals surface area contributed by atoms with Crippen molar-refractivity contribution < 1.29 is 28.7 Å². The second-order valence-corrected chi connectivity index (χ2v) is 3.76. The maximum atomic E-state index is 11.5. The molecule has 104 valence electrons. The Bertz CT molecular complexity index is 384. The molecule has 1 aliphatic heterocycles. The standard InChI is InChI=1S/C12H15NO6/c1-3-6-17-7-8-18-9(2)12(16)19-13-10(14)4-5-11(13)15/h1,9H,4-8H2,2H3. The topological polar surface area (TPSA) is 82.1 Å². The Morgan fingerprint density at radius 3 is 2.58 bits per heavy atom. The smallest absolute Gasteiger partial charge is 0.361 e. The van der Waals surface area contributed by atoms with Crippen LogP contribution in [0.4, 0.5) is 0 Å². The number of hydroxylamine groups is 2. The Morgan fingerprint density at radius 2 is 2.00 bits per heavy atom. The number of carbonyl (C=O) groups excluding carboxylic acids is 3. The molecule has 0 spiro atoms. The summed E-state index contributed by atoms with van der Waals surface area (Å²) in [4.78, 5) is 38.7. The third-order valence-corrected chi connectivity index (χ3v) is 2.30. The SMILES string of the molecule is C#CCOCCOC(C)C(=O)ON1C(=O)CCC1=O. The lowest BCUT2D eigenvalue weighted by Crippen LogP contribution is -2.36. The quantitative estimate of drug-likeness (QED) is 0.357. The third-order valence-electron chi connectivity index (χ3n) is 2.30. The predicted octanol–water partition coefficient (Wildman–Crippen LogP) is -0.352. The second-order valence-electron chi connectivity index (χ2n) is 3.76. The molecule has 1 rings (SSSR count). The Labute approximate surface area is 110 Å². The van der Waals surface area contributed by atoms with Crippen LogP contribution in [-0.4, -0.2) is 48.8 Å². The highest BCUT2D eigenvalue weighted by Crippen LogP contribution is 2.13. The van der Waals surface area contributed by atoms with Crippen molar-refractivity contribution >= 4 is 17.8 Å². The summed E-state index contributed by atoms with van der Waals surface area (Å²) >= 11 is 0. The monoisotopic (exact) mass is 269 g/mol. The zero-order valence-corrected chi connectivity index (χ0v) is 10.6. The van der Waals surface area contributed by atoms with Crippen molar-refractivity contribution in [3.8, 4) is 12.3 Å². The molecule has 0 N–H and O–H groups in total. The number of nitrogens with zero attached hydrogens (tertiary/aromatic N) is 1. The Morgan fingerprint density at radius 1 is 1.37 bits per heavy atom. The van der Waals surface area contributed by atoms with E-state index in [4.69, 9.17) is 15.9 Å². The molecule has 1 atom stereocenters. The molecule has 0 saturated carbocycles. The highest BCUT2D eigenvalue weighted by Gasteiger charge is 2.34. The molecule has 1 unspecified atom stereocenters. The first kappa shape index (κ1) is 15.1. The van der Waals surface area contributed by atoms with E-state index in [2.05, 4.69) is 10.8 Å². The second kappa shape index (κ2) is 7.51. The van der Waals surface area contributed by atoms with E-state index in [1.54, 1.807) is 0 Å². The first-order chi connectivity index (χ1) is 9.06. The highest BCUT2D eigenvalue weighted by molar-refractivity contribution is 6.01. The molecule has 0 aromatic heterocycles. The van der Waals surface area contributed by atoms with E-state index in [-0.39, 0.29) is 32.7 Å². The summed E-state index contributed by atoms with van der Waals surface area (Å²) < 4.78 is 10.1. The lowest BCUT2D eigenvalue weighted by Gasteiger charge is -2.16. The summed E-state index contributed by atoms with van der Waals surface area (Å²) in [5, 5.41) is 0.483. The van der Waals surface area contributed by atoms with Gasteiger partial charge < -0.3 is 14.3 Å². The van der Waals surface area contributed by atoms with E-state index < -0.39 is 23.9 Å². The molecule has 7 heteroatoms. The summed E-state index contributed by atoms with van der Waals surface area (Å²) in [6, 6.07) is 0. The minimum Gasteiger partial charge on any atom is -0.366 e. The fraction of sp³-hybridized carbons (Fsp3) is 0.583. The van der Waals surface area contributed by atoms with Gasteiger partial charge in [0, 0.05) is 12.8 Å². The normalized spacial score (nSPS) is 16.3. The number of carbonyl (C=O) groups is 3. The summed E-state index contributed by atoms with van der Waals surface area (Å²) in [6.45, 7) is 2.01. The Balaban J connectivity index is 2.27. The van der Waals surface area contributed by atoms with Crippen LogP contribution in [0.2, 0.25) is 0 Å². The van der Waals surface area contributed by atoms with Gasteiger partial charge in [0.2, 0.25) is 0 Å². The van der Waals surface area contributed by atoms with Gasteiger partial charge in [0.25, 0.3) is 11.8 Å². The molecule has 0 radical (unpaired) electrons. The van der Waals surface area contributed by atoms with Crippen molar-refractivity contribution in [3.05, 3.63) is 0 Å². The molecule has 1 heterocycles. The summed E-state index contributed by atoms with van der Waals surface area (Å²) in [6.07, 6.45) is 4.18. The first-order valence-electron chi connectivity index (χ1n) is 5.76. The molecule has 1 aliphatic rings. The van der Waals surface area contributed by atoms with Gasteiger partial charge in [-0.3, -0.25) is 9.59 Å². The fourth-order valence-corrected chi connectivity index (χ4v) is 1.31. The van der Waals surface area contributed by atoms with Gasteiger partial charge in [-0.25, -0.2) is 4.79 Å². The number of amides is 2. The molecule has 0 bridgehead atoms. The number of hydrogen-bond donors (Lipinski definition) is 0. The lowest BCUT2D eigenvalue weighted by molar-refractivity contribution is -0.204. The number of imide groups is 1. The van der Waals surface area contributed by atoms with E-state index in [0.29, 0.717) is 5.06 Å². The number of ether oxygens (including phenoxy) is 2. The van der Waals surface area contributed by atoms with Crippen LogP contribution in [0.15, 0.2) is 0 Å². The van der Waals surface area contributed by atoms with Crippen molar-refractivity contribution in [2.45, 2.75) is 25.9 Å². The molecule has 1 saturated heterocycles. The van der Waals surface area contributed by atoms with Gasteiger partial charge in [-0.1, -0.05) is 5.92 Å². The van der Waals surface area contributed by atoms with Crippen LogP contribution < -0.4 is 0 Å². The van der Waals surface area contributed by atoms with E-state index in [9.17, 15) is 14.4 Å². The van der Waals surface area contributed by atoms with Gasteiger partial charge in [-0.2, -0.15) is 0 Å².